The van der Waals surface area contributed by atoms with Gasteiger partial charge in [0.15, 0.2) is 9.84 Å². The summed E-state index contributed by atoms with van der Waals surface area (Å²) in [6.45, 7) is 4.66. The number of sulfone groups is 1. The third kappa shape index (κ3) is 4.91. The summed E-state index contributed by atoms with van der Waals surface area (Å²) in [5, 5.41) is 3.15. The summed E-state index contributed by atoms with van der Waals surface area (Å²) in [5.74, 6) is 0.105. The molecule has 0 radical (unpaired) electrons. The molecule has 2 atom stereocenters. The summed E-state index contributed by atoms with van der Waals surface area (Å²) in [6.07, 6.45) is 0. The Morgan fingerprint density at radius 2 is 2.09 bits per heavy atom. The summed E-state index contributed by atoms with van der Waals surface area (Å²) >= 11 is 1.70. The van der Waals surface area contributed by atoms with Gasteiger partial charge in [0.25, 0.3) is 0 Å². The molecule has 1 aromatic rings. The minimum absolute atomic E-state index is 0.0503. The first-order chi connectivity index (χ1) is 10.4. The predicted molar refractivity (Wildman–Crippen MR) is 90.0 cm³/mol. The van der Waals surface area contributed by atoms with E-state index in [0.717, 1.165) is 0 Å². The molecule has 0 bridgehead atoms. The van der Waals surface area contributed by atoms with Crippen LogP contribution in [-0.2, 0) is 9.84 Å². The number of nitrogens with one attached hydrogen (secondary N) is 1. The number of nitrogens with zero attached hydrogens (tertiary/aromatic N) is 1. The summed E-state index contributed by atoms with van der Waals surface area (Å²) in [7, 11) is -3.00. The van der Waals surface area contributed by atoms with Gasteiger partial charge in [0.1, 0.15) is 0 Å². The van der Waals surface area contributed by atoms with Crippen molar-refractivity contribution in [3.63, 3.8) is 0 Å². The summed E-state index contributed by atoms with van der Waals surface area (Å²) in [6, 6.07) is 9.59. The van der Waals surface area contributed by atoms with Gasteiger partial charge in [-0.2, -0.15) is 0 Å². The maximum absolute atomic E-state index is 12.2. The van der Waals surface area contributed by atoms with E-state index < -0.39 is 9.84 Å². The van der Waals surface area contributed by atoms with Gasteiger partial charge in [0.2, 0.25) is 0 Å². The smallest absolute Gasteiger partial charge is 0.317 e. The summed E-state index contributed by atoms with van der Waals surface area (Å²) in [4.78, 5) is 15.0. The van der Waals surface area contributed by atoms with Crippen LogP contribution in [0.25, 0.3) is 0 Å². The molecule has 1 heterocycles. The Hall–Kier alpha value is -1.21. The Labute approximate surface area is 136 Å². The number of carbonyl (C=O) groups is 1. The van der Waals surface area contributed by atoms with E-state index in [1.54, 1.807) is 23.6 Å². The first kappa shape index (κ1) is 17.1. The molecular weight excluding hydrogens is 320 g/mol. The fourth-order valence-electron chi connectivity index (χ4n) is 2.41. The van der Waals surface area contributed by atoms with Crippen LogP contribution >= 0.6 is 11.8 Å². The highest BCUT2D eigenvalue weighted by atomic mass is 32.2. The number of benzene rings is 1. The minimum atomic E-state index is -3.00. The molecule has 2 amide bonds. The summed E-state index contributed by atoms with van der Waals surface area (Å²) < 4.78 is 23.1. The van der Waals surface area contributed by atoms with Crippen LogP contribution in [0, 0.1) is 0 Å². The highest BCUT2D eigenvalue weighted by molar-refractivity contribution is 8.00. The molecule has 5 nitrogen and oxygen atoms in total. The molecule has 0 unspecified atom stereocenters. The maximum atomic E-state index is 12.2. The van der Waals surface area contributed by atoms with Crippen molar-refractivity contribution in [2.75, 3.05) is 24.6 Å². The summed E-state index contributed by atoms with van der Waals surface area (Å²) in [5.41, 5.74) is 0. The molecule has 0 aliphatic carbocycles. The van der Waals surface area contributed by atoms with E-state index in [2.05, 4.69) is 12.2 Å². The zero-order valence-corrected chi connectivity index (χ0v) is 14.5. The lowest BCUT2D eigenvalue weighted by Crippen LogP contribution is -2.53. The van der Waals surface area contributed by atoms with Gasteiger partial charge in [0, 0.05) is 29.3 Å². The molecule has 22 heavy (non-hydrogen) atoms. The molecule has 7 heteroatoms. The average Bonchev–Trinajstić information content (AvgIpc) is 2.45. The number of urea groups is 1. The third-order valence-electron chi connectivity index (χ3n) is 3.55. The van der Waals surface area contributed by atoms with Crippen LogP contribution in [0.2, 0.25) is 0 Å². The van der Waals surface area contributed by atoms with Crippen LogP contribution in [-0.4, -0.2) is 55.2 Å². The average molecular weight is 342 g/mol. The monoisotopic (exact) mass is 342 g/mol. The van der Waals surface area contributed by atoms with Crippen molar-refractivity contribution in [3.8, 4) is 0 Å². The normalized spacial score (nSPS) is 22.1. The molecule has 1 aliphatic heterocycles. The molecule has 0 saturated carbocycles. The second kappa shape index (κ2) is 7.37. The SMILES string of the molecule is C[C@H](CNC(=O)N1CCS(=O)(=O)C[C@H]1C)Sc1ccccc1. The Morgan fingerprint density at radius 3 is 2.73 bits per heavy atom. The lowest BCUT2D eigenvalue weighted by atomic mass is 10.3. The van der Waals surface area contributed by atoms with E-state index >= 15 is 0 Å². The molecule has 2 rings (SSSR count). The minimum Gasteiger partial charge on any atom is -0.337 e. The van der Waals surface area contributed by atoms with Gasteiger partial charge < -0.3 is 10.2 Å². The number of thioether (sulfide) groups is 1. The molecule has 1 N–H and O–H groups in total. The van der Waals surface area contributed by atoms with Gasteiger partial charge >= 0.3 is 6.03 Å². The molecule has 1 fully saturated rings. The lowest BCUT2D eigenvalue weighted by molar-refractivity contribution is 0.185. The topological polar surface area (TPSA) is 66.5 Å². The number of carbonyl (C=O) groups excluding carboxylic acids is 1. The van der Waals surface area contributed by atoms with E-state index in [9.17, 15) is 13.2 Å². The van der Waals surface area contributed by atoms with Crippen LogP contribution in [0.5, 0.6) is 0 Å². The highest BCUT2D eigenvalue weighted by Crippen LogP contribution is 2.22. The second-order valence-corrected chi connectivity index (χ2v) is 9.32. The lowest BCUT2D eigenvalue weighted by Gasteiger charge is -2.33. The van der Waals surface area contributed by atoms with Gasteiger partial charge in [-0.15, -0.1) is 11.8 Å². The molecule has 0 spiro atoms. The van der Waals surface area contributed by atoms with Crippen molar-refractivity contribution in [3.05, 3.63) is 30.3 Å². The highest BCUT2D eigenvalue weighted by Gasteiger charge is 2.31. The maximum Gasteiger partial charge on any atom is 0.317 e. The van der Waals surface area contributed by atoms with Crippen molar-refractivity contribution in [1.82, 2.24) is 10.2 Å². The van der Waals surface area contributed by atoms with Gasteiger partial charge in [-0.25, -0.2) is 13.2 Å². The number of rotatable bonds is 4. The molecule has 1 aromatic carbocycles. The number of hydrogen-bond donors (Lipinski definition) is 1. The van der Waals surface area contributed by atoms with Crippen LogP contribution in [0.1, 0.15) is 13.8 Å². The molecule has 1 aliphatic rings. The van der Waals surface area contributed by atoms with Gasteiger partial charge in [0.05, 0.1) is 11.5 Å². The van der Waals surface area contributed by atoms with Gasteiger partial charge in [-0.3, -0.25) is 0 Å². The Balaban J connectivity index is 1.80. The van der Waals surface area contributed by atoms with Crippen molar-refractivity contribution in [1.29, 1.82) is 0 Å². The fourth-order valence-corrected chi connectivity index (χ4v) is 4.91. The largest absolute Gasteiger partial charge is 0.337 e. The number of amides is 2. The Morgan fingerprint density at radius 1 is 1.41 bits per heavy atom. The molecule has 122 valence electrons. The molecular formula is C15H22N2O3S2. The van der Waals surface area contributed by atoms with Crippen LogP contribution in [0.3, 0.4) is 0 Å². The number of hydrogen-bond acceptors (Lipinski definition) is 4. The van der Waals surface area contributed by atoms with E-state index in [1.165, 1.54) is 4.90 Å². The Bertz CT molecular complexity index is 604. The van der Waals surface area contributed by atoms with Crippen molar-refractivity contribution < 1.29 is 13.2 Å². The zero-order valence-electron chi connectivity index (χ0n) is 12.9. The fraction of sp³-hybridized carbons (Fsp3) is 0.533. The Kier molecular flexibility index (Phi) is 5.74. The van der Waals surface area contributed by atoms with Crippen molar-refractivity contribution in [2.24, 2.45) is 0 Å². The molecule has 1 saturated heterocycles. The van der Waals surface area contributed by atoms with Gasteiger partial charge in [-0.05, 0) is 19.1 Å². The van der Waals surface area contributed by atoms with Crippen molar-refractivity contribution >= 4 is 27.6 Å². The zero-order chi connectivity index (χ0) is 16.2. The van der Waals surface area contributed by atoms with E-state index in [0.29, 0.717) is 6.54 Å². The van der Waals surface area contributed by atoms with Crippen LogP contribution < -0.4 is 5.32 Å². The first-order valence-corrected chi connectivity index (χ1v) is 10.0. The third-order valence-corrected chi connectivity index (χ3v) is 6.46. The van der Waals surface area contributed by atoms with Crippen LogP contribution in [0.4, 0.5) is 4.79 Å². The van der Waals surface area contributed by atoms with E-state index in [4.69, 9.17) is 0 Å². The second-order valence-electron chi connectivity index (χ2n) is 5.58. The van der Waals surface area contributed by atoms with Crippen molar-refractivity contribution in [2.45, 2.75) is 30.0 Å². The van der Waals surface area contributed by atoms with E-state index in [1.807, 2.05) is 30.3 Å². The molecule has 0 aromatic heterocycles. The van der Waals surface area contributed by atoms with Gasteiger partial charge in [-0.1, -0.05) is 25.1 Å². The standard InChI is InChI=1S/C15H22N2O3S2/c1-12-11-22(19,20)9-8-17(12)15(18)16-10-13(2)21-14-6-4-3-5-7-14/h3-7,12-13H,8-11H2,1-2H3,(H,16,18)/t12-,13-/m1/s1. The van der Waals surface area contributed by atoms with Crippen LogP contribution in [0.15, 0.2) is 35.2 Å². The first-order valence-electron chi connectivity index (χ1n) is 7.34. The quantitative estimate of drug-likeness (QED) is 0.850. The van der Waals surface area contributed by atoms with E-state index in [-0.39, 0.29) is 35.4 Å². The predicted octanol–water partition coefficient (Wildman–Crippen LogP) is 2.00.